The Morgan fingerprint density at radius 1 is 1.50 bits per heavy atom. The molecule has 0 aliphatic rings. The molecule has 74 valence electrons. The van der Waals surface area contributed by atoms with Gasteiger partial charge in [0.1, 0.15) is 3.70 Å². The Morgan fingerprint density at radius 3 is 2.93 bits per heavy atom. The van der Waals surface area contributed by atoms with Crippen molar-refractivity contribution in [2.24, 2.45) is 7.05 Å². The monoisotopic (exact) mass is 302 g/mol. The highest BCUT2D eigenvalue weighted by atomic mass is 127. The van der Waals surface area contributed by atoms with Gasteiger partial charge in [0.2, 0.25) is 0 Å². The first-order valence-electron chi connectivity index (χ1n) is 4.40. The molecule has 0 radical (unpaired) electrons. The fourth-order valence-electron chi connectivity index (χ4n) is 1.31. The van der Waals surface area contributed by atoms with Crippen molar-refractivity contribution in [3.63, 3.8) is 0 Å². The number of rotatable bonds is 3. The summed E-state index contributed by atoms with van der Waals surface area (Å²) in [5.74, 6) is 0. The van der Waals surface area contributed by atoms with Crippen molar-refractivity contribution in [2.75, 3.05) is 0 Å². The molecule has 0 aliphatic heterocycles. The van der Waals surface area contributed by atoms with Gasteiger partial charge in [0.05, 0.1) is 6.20 Å². The summed E-state index contributed by atoms with van der Waals surface area (Å²) in [6.45, 7) is 0.911. The van der Waals surface area contributed by atoms with Gasteiger partial charge in [-0.1, -0.05) is 0 Å². The van der Waals surface area contributed by atoms with Gasteiger partial charge in [-0.25, -0.2) is 0 Å². The van der Waals surface area contributed by atoms with Gasteiger partial charge in [-0.15, -0.1) is 0 Å². The lowest BCUT2D eigenvalue weighted by Crippen LogP contribution is -2.01. The Morgan fingerprint density at radius 2 is 2.36 bits per heavy atom. The molecular formula is C9H11IN4. The lowest BCUT2D eigenvalue weighted by molar-refractivity contribution is 0.610. The standard InChI is InChI=1S/C9H11IN4/c1-13-7-8(6-11-13)2-4-14-5-3-9(10)12-14/h3,5-7H,2,4H2,1H3. The van der Waals surface area contributed by atoms with Crippen LogP contribution >= 0.6 is 22.6 Å². The minimum atomic E-state index is 0.911. The molecule has 0 atom stereocenters. The van der Waals surface area contributed by atoms with Crippen LogP contribution < -0.4 is 0 Å². The van der Waals surface area contributed by atoms with Crippen molar-refractivity contribution in [1.29, 1.82) is 0 Å². The molecule has 2 rings (SSSR count). The molecule has 0 spiro atoms. The zero-order valence-electron chi connectivity index (χ0n) is 7.89. The van der Waals surface area contributed by atoms with Gasteiger partial charge in [-0.2, -0.15) is 10.2 Å². The third-order valence-electron chi connectivity index (χ3n) is 2.00. The van der Waals surface area contributed by atoms with Gasteiger partial charge in [0.15, 0.2) is 0 Å². The van der Waals surface area contributed by atoms with E-state index in [0.29, 0.717) is 0 Å². The summed E-state index contributed by atoms with van der Waals surface area (Å²) in [4.78, 5) is 0. The number of halogens is 1. The molecule has 0 N–H and O–H groups in total. The van der Waals surface area contributed by atoms with Crippen LogP contribution in [0.2, 0.25) is 0 Å². The first-order chi connectivity index (χ1) is 6.74. The molecule has 2 heterocycles. The van der Waals surface area contributed by atoms with Crippen LogP contribution in [-0.4, -0.2) is 19.6 Å². The summed E-state index contributed by atoms with van der Waals surface area (Å²) in [5, 5.41) is 8.43. The van der Waals surface area contributed by atoms with E-state index in [4.69, 9.17) is 0 Å². The predicted molar refractivity (Wildman–Crippen MR) is 61.9 cm³/mol. The van der Waals surface area contributed by atoms with Crippen LogP contribution in [0, 0.1) is 3.70 Å². The zero-order chi connectivity index (χ0) is 9.97. The van der Waals surface area contributed by atoms with Crippen molar-refractivity contribution in [3.05, 3.63) is 33.9 Å². The second-order valence-electron chi connectivity index (χ2n) is 3.17. The number of hydrogen-bond acceptors (Lipinski definition) is 2. The van der Waals surface area contributed by atoms with Gasteiger partial charge in [-0.05, 0) is 40.6 Å². The van der Waals surface area contributed by atoms with E-state index < -0.39 is 0 Å². The minimum Gasteiger partial charge on any atom is -0.276 e. The fourth-order valence-corrected chi connectivity index (χ4v) is 1.74. The number of aromatic nitrogens is 4. The average molecular weight is 302 g/mol. The quantitative estimate of drug-likeness (QED) is 0.805. The normalized spacial score (nSPS) is 10.7. The van der Waals surface area contributed by atoms with Crippen LogP contribution in [0.15, 0.2) is 24.7 Å². The molecule has 0 aliphatic carbocycles. The first kappa shape index (κ1) is 9.70. The summed E-state index contributed by atoms with van der Waals surface area (Å²) in [6, 6.07) is 2.00. The topological polar surface area (TPSA) is 35.6 Å². The van der Waals surface area contributed by atoms with Gasteiger partial charge in [0.25, 0.3) is 0 Å². The van der Waals surface area contributed by atoms with Crippen LogP contribution in [0.3, 0.4) is 0 Å². The second-order valence-corrected chi connectivity index (χ2v) is 4.28. The van der Waals surface area contributed by atoms with E-state index >= 15 is 0 Å². The van der Waals surface area contributed by atoms with Gasteiger partial charge in [0, 0.05) is 26.0 Å². The minimum absolute atomic E-state index is 0.911. The van der Waals surface area contributed by atoms with Gasteiger partial charge >= 0.3 is 0 Å². The van der Waals surface area contributed by atoms with E-state index in [0.717, 1.165) is 16.7 Å². The molecule has 14 heavy (non-hydrogen) atoms. The molecule has 0 aromatic carbocycles. The molecule has 0 unspecified atom stereocenters. The van der Waals surface area contributed by atoms with Crippen molar-refractivity contribution < 1.29 is 0 Å². The van der Waals surface area contributed by atoms with E-state index in [1.165, 1.54) is 5.56 Å². The maximum Gasteiger partial charge on any atom is 0.123 e. The van der Waals surface area contributed by atoms with Gasteiger partial charge < -0.3 is 0 Å². The first-order valence-corrected chi connectivity index (χ1v) is 5.48. The fraction of sp³-hybridized carbons (Fsp3) is 0.333. The highest BCUT2D eigenvalue weighted by Crippen LogP contribution is 2.02. The SMILES string of the molecule is Cn1cc(CCn2ccc(I)n2)cn1. The predicted octanol–water partition coefficient (Wildman–Crippen LogP) is 1.46. The Balaban J connectivity index is 1.94. The van der Waals surface area contributed by atoms with Crippen LogP contribution in [0.5, 0.6) is 0 Å². The molecule has 0 saturated carbocycles. The molecule has 0 saturated heterocycles. The summed E-state index contributed by atoms with van der Waals surface area (Å²) < 4.78 is 4.81. The Hall–Kier alpha value is -0.850. The summed E-state index contributed by atoms with van der Waals surface area (Å²) in [5.41, 5.74) is 1.25. The number of hydrogen-bond donors (Lipinski definition) is 0. The molecule has 0 amide bonds. The van der Waals surface area contributed by atoms with Crippen LogP contribution in [0.25, 0.3) is 0 Å². The van der Waals surface area contributed by atoms with E-state index in [9.17, 15) is 0 Å². The lowest BCUT2D eigenvalue weighted by atomic mass is 10.2. The van der Waals surface area contributed by atoms with Crippen LogP contribution in [0.4, 0.5) is 0 Å². The van der Waals surface area contributed by atoms with E-state index in [1.54, 1.807) is 0 Å². The highest BCUT2D eigenvalue weighted by Gasteiger charge is 1.98. The van der Waals surface area contributed by atoms with Crippen molar-refractivity contribution >= 4 is 22.6 Å². The van der Waals surface area contributed by atoms with Crippen molar-refractivity contribution in [1.82, 2.24) is 19.6 Å². The van der Waals surface area contributed by atoms with E-state index in [-0.39, 0.29) is 0 Å². The largest absolute Gasteiger partial charge is 0.276 e. The summed E-state index contributed by atoms with van der Waals surface area (Å²) in [7, 11) is 1.93. The Labute approximate surface area is 96.1 Å². The van der Waals surface area contributed by atoms with E-state index in [1.807, 2.05) is 41.1 Å². The van der Waals surface area contributed by atoms with E-state index in [2.05, 4.69) is 32.8 Å². The Bertz CT molecular complexity index is 378. The molecule has 4 nitrogen and oxygen atoms in total. The molecule has 5 heteroatoms. The van der Waals surface area contributed by atoms with Crippen LogP contribution in [-0.2, 0) is 20.0 Å². The lowest BCUT2D eigenvalue weighted by Gasteiger charge is -1.97. The molecule has 0 fully saturated rings. The maximum atomic E-state index is 4.31. The Kier molecular flexibility index (Phi) is 2.85. The highest BCUT2D eigenvalue weighted by molar-refractivity contribution is 14.1. The maximum absolute atomic E-state index is 4.31. The van der Waals surface area contributed by atoms with Crippen molar-refractivity contribution in [3.8, 4) is 0 Å². The summed E-state index contributed by atoms with van der Waals surface area (Å²) >= 11 is 2.21. The molecule has 2 aromatic heterocycles. The number of aryl methyl sites for hydroxylation is 3. The molecule has 0 bridgehead atoms. The third kappa shape index (κ3) is 2.34. The summed E-state index contributed by atoms with van der Waals surface area (Å²) in [6.07, 6.45) is 6.91. The van der Waals surface area contributed by atoms with Gasteiger partial charge in [-0.3, -0.25) is 9.36 Å². The smallest absolute Gasteiger partial charge is 0.123 e. The second kappa shape index (κ2) is 4.12. The molecule has 2 aromatic rings. The number of nitrogens with zero attached hydrogens (tertiary/aromatic N) is 4. The molecular weight excluding hydrogens is 291 g/mol. The van der Waals surface area contributed by atoms with Crippen molar-refractivity contribution in [2.45, 2.75) is 13.0 Å². The third-order valence-corrected chi connectivity index (χ3v) is 2.57. The van der Waals surface area contributed by atoms with Crippen LogP contribution in [0.1, 0.15) is 5.56 Å². The zero-order valence-corrected chi connectivity index (χ0v) is 10.0. The average Bonchev–Trinajstić information content (AvgIpc) is 2.72.